The van der Waals surface area contributed by atoms with Crippen LogP contribution in [0.15, 0.2) is 53.1 Å². The zero-order valence-electron chi connectivity index (χ0n) is 21.2. The molecule has 3 fully saturated rings. The summed E-state index contributed by atoms with van der Waals surface area (Å²) in [5.74, 6) is 3.44. The van der Waals surface area contributed by atoms with Gasteiger partial charge in [0.25, 0.3) is 0 Å². The van der Waals surface area contributed by atoms with E-state index < -0.39 is 0 Å². The molecule has 1 atom stereocenters. The fourth-order valence-corrected chi connectivity index (χ4v) is 6.60. The molecule has 5 aliphatic rings. The van der Waals surface area contributed by atoms with Gasteiger partial charge >= 0.3 is 0 Å². The van der Waals surface area contributed by atoms with Crippen molar-refractivity contribution in [1.82, 2.24) is 15.2 Å². The predicted octanol–water partition coefficient (Wildman–Crippen LogP) is 6.41. The van der Waals surface area contributed by atoms with E-state index in [0.717, 1.165) is 60.0 Å². The number of allylic oxidation sites excluding steroid dienone is 1. The molecule has 8 bridgehead atoms. The number of benzene rings is 1. The van der Waals surface area contributed by atoms with Gasteiger partial charge in [0, 0.05) is 48.9 Å². The number of hydrogen-bond donors (Lipinski definition) is 1. The van der Waals surface area contributed by atoms with Gasteiger partial charge in [0.2, 0.25) is 11.8 Å². The van der Waals surface area contributed by atoms with Crippen LogP contribution in [-0.4, -0.2) is 46.6 Å². The van der Waals surface area contributed by atoms with Gasteiger partial charge in [0.05, 0.1) is 11.3 Å². The molecule has 8 rings (SSSR count). The Balaban J connectivity index is 1.26. The van der Waals surface area contributed by atoms with E-state index in [2.05, 4.69) is 61.1 Å². The number of nitrogens with zero attached hydrogens (tertiary/aromatic N) is 5. The largest absolute Gasteiger partial charge is 0.416 e. The molecule has 1 aromatic carbocycles. The van der Waals surface area contributed by atoms with Crippen molar-refractivity contribution in [3.05, 3.63) is 48.7 Å². The van der Waals surface area contributed by atoms with Crippen LogP contribution in [0.25, 0.3) is 22.9 Å². The average Bonchev–Trinajstić information content (AvgIpc) is 3.65. The number of aromatic nitrogens is 3. The molecule has 1 unspecified atom stereocenters. The van der Waals surface area contributed by atoms with Crippen molar-refractivity contribution in [3.8, 4) is 22.9 Å². The minimum atomic E-state index is 0.546. The fourth-order valence-electron chi connectivity index (χ4n) is 5.80. The van der Waals surface area contributed by atoms with Crippen molar-refractivity contribution in [2.75, 3.05) is 40.7 Å². The molecule has 1 saturated carbocycles. The van der Waals surface area contributed by atoms with Gasteiger partial charge in [-0.3, -0.25) is 0 Å². The molecule has 7 nitrogen and oxygen atoms in total. The summed E-state index contributed by atoms with van der Waals surface area (Å²) in [6.07, 6.45) is 15.5. The molecule has 192 valence electrons. The highest BCUT2D eigenvalue weighted by Gasteiger charge is 2.26. The van der Waals surface area contributed by atoms with Gasteiger partial charge in [-0.05, 0) is 99.1 Å². The van der Waals surface area contributed by atoms with E-state index in [1.165, 1.54) is 50.6 Å². The molecule has 1 N–H and O–H groups in total. The average molecular weight is 515 g/mol. The SMILES string of the molecule is C1=C\C2CCCN(C2)c2cc(ccn2)-c2nnc(o2)-c2ccc(NSC3CC3)cc2N2CCC(C/1)CC2. The Morgan fingerprint density at radius 1 is 0.919 bits per heavy atom. The summed E-state index contributed by atoms with van der Waals surface area (Å²) >= 11 is 1.84. The van der Waals surface area contributed by atoms with E-state index in [9.17, 15) is 0 Å². The lowest BCUT2D eigenvalue weighted by molar-refractivity contribution is 0.407. The third-order valence-corrected chi connectivity index (χ3v) is 9.29. The Morgan fingerprint density at radius 3 is 2.70 bits per heavy atom. The lowest BCUT2D eigenvalue weighted by Crippen LogP contribution is -2.35. The first-order valence-electron chi connectivity index (χ1n) is 13.8. The Morgan fingerprint density at radius 2 is 1.81 bits per heavy atom. The molecule has 8 heteroatoms. The van der Waals surface area contributed by atoms with E-state index in [1.54, 1.807) is 0 Å². The molecule has 37 heavy (non-hydrogen) atoms. The molecule has 6 heterocycles. The van der Waals surface area contributed by atoms with Crippen molar-refractivity contribution in [2.24, 2.45) is 11.8 Å². The maximum atomic E-state index is 6.32. The minimum absolute atomic E-state index is 0.546. The highest BCUT2D eigenvalue weighted by atomic mass is 32.2. The van der Waals surface area contributed by atoms with Crippen molar-refractivity contribution in [3.63, 3.8) is 0 Å². The highest BCUT2D eigenvalue weighted by Crippen LogP contribution is 2.39. The molecule has 0 spiro atoms. The van der Waals surface area contributed by atoms with Crippen LogP contribution >= 0.6 is 11.9 Å². The predicted molar refractivity (Wildman–Crippen MR) is 151 cm³/mol. The minimum Gasteiger partial charge on any atom is -0.416 e. The van der Waals surface area contributed by atoms with Gasteiger partial charge in [0.15, 0.2) is 0 Å². The smallest absolute Gasteiger partial charge is 0.250 e. The second-order valence-corrected chi connectivity index (χ2v) is 12.0. The van der Waals surface area contributed by atoms with Crippen LogP contribution < -0.4 is 14.5 Å². The molecule has 0 amide bonds. The number of anilines is 3. The van der Waals surface area contributed by atoms with Crippen molar-refractivity contribution in [1.29, 1.82) is 0 Å². The molecule has 2 aromatic heterocycles. The lowest BCUT2D eigenvalue weighted by atomic mass is 9.91. The quantitative estimate of drug-likeness (QED) is 0.317. The van der Waals surface area contributed by atoms with Crippen LogP contribution in [0.5, 0.6) is 0 Å². The number of piperidine rings is 2. The maximum Gasteiger partial charge on any atom is 0.250 e. The standard InChI is InChI=1S/C29H34N6OS/c1-3-20-11-15-34(16-12-20)26-18-23(33-37-24-7-8-24)6-9-25(26)29-32-31-28(36-29)22-10-13-30-27(17-22)35-14-2-5-21(4-1)19-35/h1,4,6,9-10,13,17-18,20-21,24,33H,2-3,5,7-8,11-12,14-16,19H2/b4-1-. The van der Waals surface area contributed by atoms with E-state index >= 15 is 0 Å². The first-order chi connectivity index (χ1) is 18.3. The van der Waals surface area contributed by atoms with E-state index in [4.69, 9.17) is 9.40 Å². The Bertz CT molecular complexity index is 1280. The molecule has 3 aromatic rings. The van der Waals surface area contributed by atoms with Gasteiger partial charge in [-0.1, -0.05) is 12.2 Å². The molecular formula is C29H34N6OS. The number of nitrogens with one attached hydrogen (secondary N) is 1. The van der Waals surface area contributed by atoms with Gasteiger partial charge in [-0.2, -0.15) is 0 Å². The molecule has 1 aliphatic carbocycles. The first-order valence-corrected chi connectivity index (χ1v) is 14.7. The van der Waals surface area contributed by atoms with Crippen LogP contribution in [-0.2, 0) is 0 Å². The van der Waals surface area contributed by atoms with Crippen molar-refractivity contribution >= 4 is 29.1 Å². The third-order valence-electron chi connectivity index (χ3n) is 8.13. The number of fused-ring (bicyclic) bond motifs is 3. The zero-order valence-corrected chi connectivity index (χ0v) is 22.0. The third kappa shape index (κ3) is 5.08. The number of rotatable bonds is 3. The normalized spacial score (nSPS) is 24.2. The van der Waals surface area contributed by atoms with Crippen LogP contribution in [0.2, 0.25) is 0 Å². The van der Waals surface area contributed by atoms with E-state index in [1.807, 2.05) is 24.2 Å². The summed E-state index contributed by atoms with van der Waals surface area (Å²) in [5.41, 5.74) is 4.25. The van der Waals surface area contributed by atoms with E-state index in [-0.39, 0.29) is 0 Å². The molecular weight excluding hydrogens is 480 g/mol. The van der Waals surface area contributed by atoms with Crippen LogP contribution in [0.4, 0.5) is 17.2 Å². The Kier molecular flexibility index (Phi) is 6.28. The maximum absolute atomic E-state index is 6.32. The Labute approximate surface area is 222 Å². The van der Waals surface area contributed by atoms with Gasteiger partial charge in [-0.25, -0.2) is 4.98 Å². The summed E-state index contributed by atoms with van der Waals surface area (Å²) < 4.78 is 9.89. The second kappa shape index (κ2) is 10.0. The van der Waals surface area contributed by atoms with E-state index in [0.29, 0.717) is 17.7 Å². The van der Waals surface area contributed by atoms with Crippen molar-refractivity contribution < 1.29 is 4.42 Å². The van der Waals surface area contributed by atoms with Crippen LogP contribution in [0, 0.1) is 11.8 Å². The monoisotopic (exact) mass is 514 g/mol. The summed E-state index contributed by atoms with van der Waals surface area (Å²) in [4.78, 5) is 9.61. The summed E-state index contributed by atoms with van der Waals surface area (Å²) in [5, 5.41) is 9.73. The van der Waals surface area contributed by atoms with Gasteiger partial charge in [-0.15, -0.1) is 10.2 Å². The van der Waals surface area contributed by atoms with Crippen LogP contribution in [0.1, 0.15) is 44.9 Å². The topological polar surface area (TPSA) is 70.3 Å². The molecule has 2 saturated heterocycles. The van der Waals surface area contributed by atoms with Crippen LogP contribution in [0.3, 0.4) is 0 Å². The zero-order chi connectivity index (χ0) is 24.6. The second-order valence-electron chi connectivity index (χ2n) is 10.9. The van der Waals surface area contributed by atoms with Gasteiger partial charge < -0.3 is 18.9 Å². The summed E-state index contributed by atoms with van der Waals surface area (Å²) in [6.45, 7) is 4.16. The molecule has 4 aliphatic heterocycles. The number of pyridine rings is 1. The number of hydrogen-bond acceptors (Lipinski definition) is 8. The highest BCUT2D eigenvalue weighted by molar-refractivity contribution is 8.01. The fraction of sp³-hybridized carbons (Fsp3) is 0.483. The van der Waals surface area contributed by atoms with Crippen molar-refractivity contribution in [2.45, 2.75) is 50.2 Å². The summed E-state index contributed by atoms with van der Waals surface area (Å²) in [7, 11) is 0. The lowest BCUT2D eigenvalue weighted by Gasteiger charge is -2.35. The molecule has 0 radical (unpaired) electrons. The summed E-state index contributed by atoms with van der Waals surface area (Å²) in [6, 6.07) is 10.6. The Hall–Kier alpha value is -3.00. The first kappa shape index (κ1) is 23.1. The van der Waals surface area contributed by atoms with Gasteiger partial charge in [0.1, 0.15) is 5.82 Å².